The third kappa shape index (κ3) is 1.15. The molecule has 6 nitrogen and oxygen atoms in total. The van der Waals surface area contributed by atoms with Crippen molar-refractivity contribution < 1.29 is 4.79 Å². The number of anilines is 1. The second-order valence-electron chi connectivity index (χ2n) is 2.36. The fourth-order valence-corrected chi connectivity index (χ4v) is 0.972. The summed E-state index contributed by atoms with van der Waals surface area (Å²) in [6, 6.07) is -0.361. The van der Waals surface area contributed by atoms with Gasteiger partial charge in [0.1, 0.15) is 12.4 Å². The first-order valence-corrected chi connectivity index (χ1v) is 3.21. The second kappa shape index (κ2) is 3.08. The van der Waals surface area contributed by atoms with Crippen molar-refractivity contribution in [1.29, 1.82) is 0 Å². The molecule has 0 unspecified atom stereocenters. The number of nitrogens with one attached hydrogen (secondary N) is 1. The molecule has 1 saturated heterocycles. The maximum atomic E-state index is 11.0. The lowest BCUT2D eigenvalue weighted by Gasteiger charge is -2.33. The molecule has 1 atom stereocenters. The van der Waals surface area contributed by atoms with Gasteiger partial charge in [0.15, 0.2) is 0 Å². The Labute approximate surface area is 74.6 Å². The highest BCUT2D eigenvalue weighted by Crippen LogP contribution is 2.14. The Morgan fingerprint density at radius 2 is 2.50 bits per heavy atom. The standard InChI is InChI=1S/C5H7N5O.ClH/c6-3-1-10(4(3)11)5-7-2-8-9-5;/h2-3H,1,6H2,(H,7,8,9);1H/t3-;/m0./s1. The number of halogens is 1. The first kappa shape index (κ1) is 8.95. The van der Waals surface area contributed by atoms with Crippen LogP contribution in [0.3, 0.4) is 0 Å². The van der Waals surface area contributed by atoms with Gasteiger partial charge in [0.2, 0.25) is 11.9 Å². The molecule has 0 aliphatic carbocycles. The number of β-lactam (4-membered cyclic amide) rings is 1. The molecule has 1 aliphatic heterocycles. The first-order chi connectivity index (χ1) is 5.29. The summed E-state index contributed by atoms with van der Waals surface area (Å²) in [6.45, 7) is 0.522. The number of H-pyrrole nitrogens is 1. The van der Waals surface area contributed by atoms with Crippen molar-refractivity contribution in [2.75, 3.05) is 11.4 Å². The Morgan fingerprint density at radius 1 is 1.75 bits per heavy atom. The molecule has 3 N–H and O–H groups in total. The zero-order valence-corrected chi connectivity index (χ0v) is 6.91. The van der Waals surface area contributed by atoms with E-state index in [1.165, 1.54) is 11.2 Å². The molecule has 1 aromatic heterocycles. The van der Waals surface area contributed by atoms with Crippen LogP contribution in [0.4, 0.5) is 5.95 Å². The van der Waals surface area contributed by atoms with Crippen LogP contribution in [0.15, 0.2) is 6.33 Å². The summed E-state index contributed by atoms with van der Waals surface area (Å²) in [6.07, 6.45) is 1.35. The third-order valence-corrected chi connectivity index (χ3v) is 1.62. The van der Waals surface area contributed by atoms with Crippen molar-refractivity contribution >= 4 is 24.3 Å². The minimum atomic E-state index is -0.361. The number of hydrogen-bond donors (Lipinski definition) is 2. The molecule has 1 amide bonds. The van der Waals surface area contributed by atoms with Crippen LogP contribution in [0.1, 0.15) is 0 Å². The Bertz CT molecular complexity index is 273. The average molecular weight is 190 g/mol. The maximum Gasteiger partial charge on any atom is 0.248 e. The van der Waals surface area contributed by atoms with Gasteiger partial charge >= 0.3 is 0 Å². The van der Waals surface area contributed by atoms with Crippen LogP contribution < -0.4 is 10.6 Å². The highest BCUT2D eigenvalue weighted by Gasteiger charge is 2.36. The number of aromatic nitrogens is 3. The smallest absolute Gasteiger partial charge is 0.248 e. The molecule has 66 valence electrons. The Balaban J connectivity index is 0.000000720. The number of hydrogen-bond acceptors (Lipinski definition) is 4. The van der Waals surface area contributed by atoms with Crippen molar-refractivity contribution in [2.24, 2.45) is 5.73 Å². The van der Waals surface area contributed by atoms with Crippen LogP contribution in [-0.4, -0.2) is 33.7 Å². The summed E-state index contributed by atoms with van der Waals surface area (Å²) in [4.78, 5) is 16.2. The molecule has 7 heteroatoms. The third-order valence-electron chi connectivity index (χ3n) is 1.62. The molecule has 2 heterocycles. The van der Waals surface area contributed by atoms with Gasteiger partial charge in [0, 0.05) is 0 Å². The molecule has 0 saturated carbocycles. The molecule has 1 aromatic rings. The molecule has 2 rings (SSSR count). The Morgan fingerprint density at radius 3 is 2.92 bits per heavy atom. The van der Waals surface area contributed by atoms with E-state index >= 15 is 0 Å². The number of carbonyl (C=O) groups is 1. The molecule has 0 spiro atoms. The van der Waals surface area contributed by atoms with Gasteiger partial charge in [0.05, 0.1) is 6.54 Å². The minimum absolute atomic E-state index is 0. The van der Waals surface area contributed by atoms with E-state index in [1.807, 2.05) is 0 Å². The van der Waals surface area contributed by atoms with Gasteiger partial charge in [-0.15, -0.1) is 12.4 Å². The largest absolute Gasteiger partial charge is 0.318 e. The molecule has 0 aromatic carbocycles. The lowest BCUT2D eigenvalue weighted by Crippen LogP contribution is -2.61. The van der Waals surface area contributed by atoms with E-state index in [-0.39, 0.29) is 24.4 Å². The lowest BCUT2D eigenvalue weighted by molar-refractivity contribution is -0.123. The van der Waals surface area contributed by atoms with Gasteiger partial charge in [-0.05, 0) is 0 Å². The number of aromatic amines is 1. The highest BCUT2D eigenvalue weighted by molar-refractivity contribution is 6.02. The van der Waals surface area contributed by atoms with Crippen molar-refractivity contribution in [3.63, 3.8) is 0 Å². The molecule has 12 heavy (non-hydrogen) atoms. The SMILES string of the molecule is Cl.N[C@H]1CN(c2ncn[nH]2)C1=O. The van der Waals surface area contributed by atoms with E-state index in [9.17, 15) is 4.79 Å². The van der Waals surface area contributed by atoms with Crippen LogP contribution in [-0.2, 0) is 4.79 Å². The van der Waals surface area contributed by atoms with Crippen LogP contribution >= 0.6 is 12.4 Å². The molecular formula is C5H8ClN5O. The second-order valence-corrected chi connectivity index (χ2v) is 2.36. The van der Waals surface area contributed by atoms with Crippen molar-refractivity contribution in [3.8, 4) is 0 Å². The summed E-state index contributed by atoms with van der Waals surface area (Å²) in [5, 5.41) is 6.19. The summed E-state index contributed by atoms with van der Waals surface area (Å²) in [5.41, 5.74) is 5.37. The van der Waals surface area contributed by atoms with Gasteiger partial charge in [-0.1, -0.05) is 0 Å². The molecule has 1 fully saturated rings. The van der Waals surface area contributed by atoms with Gasteiger partial charge in [-0.3, -0.25) is 9.69 Å². The van der Waals surface area contributed by atoms with Crippen LogP contribution in [0.2, 0.25) is 0 Å². The fourth-order valence-electron chi connectivity index (χ4n) is 0.972. The van der Waals surface area contributed by atoms with E-state index in [4.69, 9.17) is 5.73 Å². The van der Waals surface area contributed by atoms with E-state index in [0.29, 0.717) is 12.5 Å². The van der Waals surface area contributed by atoms with E-state index in [1.54, 1.807) is 0 Å². The maximum absolute atomic E-state index is 11.0. The van der Waals surface area contributed by atoms with Crippen molar-refractivity contribution in [3.05, 3.63) is 6.33 Å². The van der Waals surface area contributed by atoms with Crippen molar-refractivity contribution in [1.82, 2.24) is 15.2 Å². The number of carbonyl (C=O) groups excluding carboxylic acids is 1. The summed E-state index contributed by atoms with van der Waals surface area (Å²) in [5.74, 6) is 0.360. The summed E-state index contributed by atoms with van der Waals surface area (Å²) >= 11 is 0. The highest BCUT2D eigenvalue weighted by atomic mass is 35.5. The number of amides is 1. The molecule has 1 aliphatic rings. The predicted octanol–water partition coefficient (Wildman–Crippen LogP) is -1.10. The first-order valence-electron chi connectivity index (χ1n) is 3.21. The Kier molecular flexibility index (Phi) is 2.30. The summed E-state index contributed by atoms with van der Waals surface area (Å²) < 4.78 is 0. The molecule has 0 radical (unpaired) electrons. The minimum Gasteiger partial charge on any atom is -0.318 e. The fraction of sp³-hybridized carbons (Fsp3) is 0.400. The van der Waals surface area contributed by atoms with Crippen LogP contribution in [0.5, 0.6) is 0 Å². The van der Waals surface area contributed by atoms with Gasteiger partial charge < -0.3 is 5.73 Å². The van der Waals surface area contributed by atoms with Crippen LogP contribution in [0, 0.1) is 0 Å². The monoisotopic (exact) mass is 189 g/mol. The zero-order valence-electron chi connectivity index (χ0n) is 6.10. The average Bonchev–Trinajstić information content (AvgIpc) is 2.51. The normalized spacial score (nSPS) is 21.6. The molecular weight excluding hydrogens is 182 g/mol. The summed E-state index contributed by atoms with van der Waals surface area (Å²) in [7, 11) is 0. The number of rotatable bonds is 1. The molecule has 0 bridgehead atoms. The van der Waals surface area contributed by atoms with E-state index in [2.05, 4.69) is 15.2 Å². The van der Waals surface area contributed by atoms with Crippen molar-refractivity contribution in [2.45, 2.75) is 6.04 Å². The number of nitrogens with zero attached hydrogens (tertiary/aromatic N) is 3. The van der Waals surface area contributed by atoms with Gasteiger partial charge in [-0.2, -0.15) is 10.1 Å². The van der Waals surface area contributed by atoms with E-state index < -0.39 is 0 Å². The van der Waals surface area contributed by atoms with Gasteiger partial charge in [0.25, 0.3) is 0 Å². The Hall–Kier alpha value is -1.14. The predicted molar refractivity (Wildman–Crippen MR) is 44.0 cm³/mol. The van der Waals surface area contributed by atoms with Gasteiger partial charge in [-0.25, -0.2) is 5.10 Å². The van der Waals surface area contributed by atoms with Crippen LogP contribution in [0.25, 0.3) is 0 Å². The zero-order chi connectivity index (χ0) is 7.84. The lowest BCUT2D eigenvalue weighted by atomic mass is 10.1. The van der Waals surface area contributed by atoms with E-state index in [0.717, 1.165) is 0 Å². The quantitative estimate of drug-likeness (QED) is 0.549. The topological polar surface area (TPSA) is 87.9 Å². The number of nitrogens with two attached hydrogens (primary N) is 1.